The number of benzene rings is 3. The van der Waals surface area contributed by atoms with Gasteiger partial charge in [-0.1, -0.05) is 6.07 Å². The van der Waals surface area contributed by atoms with Gasteiger partial charge in [0.15, 0.2) is 5.78 Å². The van der Waals surface area contributed by atoms with Crippen LogP contribution in [0.2, 0.25) is 0 Å². The molecule has 1 fully saturated rings. The summed E-state index contributed by atoms with van der Waals surface area (Å²) >= 11 is 0. The fourth-order valence-corrected chi connectivity index (χ4v) is 4.24. The maximum absolute atomic E-state index is 13.0. The number of nitrogens with one attached hydrogen (secondary N) is 1. The molecule has 11 heteroatoms. The number of esters is 1. The summed E-state index contributed by atoms with van der Waals surface area (Å²) in [6.45, 7) is 0.742. The zero-order valence-electron chi connectivity index (χ0n) is 19.8. The van der Waals surface area contributed by atoms with Crippen molar-refractivity contribution >= 4 is 24.0 Å². The fraction of sp³-hybridized carbons (Fsp3) is 0.185. The quantitative estimate of drug-likeness (QED) is 0.158. The summed E-state index contributed by atoms with van der Waals surface area (Å²) in [4.78, 5) is 49.2. The van der Waals surface area contributed by atoms with Gasteiger partial charge in [-0.15, -0.1) is 0 Å². The Hall–Kier alpha value is -4.90. The SMILES string of the molecule is O=COc1cccc(O)c1C(=O)c1c(O)cc(C(=O)OC2CNCC2CC(=O)c2ccc(O)cc2)cc1O. The van der Waals surface area contributed by atoms with Gasteiger partial charge in [-0.05, 0) is 48.5 Å². The van der Waals surface area contributed by atoms with E-state index < -0.39 is 46.2 Å². The van der Waals surface area contributed by atoms with Crippen LogP contribution in [-0.4, -0.2) is 63.6 Å². The molecule has 38 heavy (non-hydrogen) atoms. The molecule has 1 aliphatic heterocycles. The van der Waals surface area contributed by atoms with Crippen LogP contribution in [0.4, 0.5) is 0 Å². The Morgan fingerprint density at radius 2 is 1.55 bits per heavy atom. The predicted octanol–water partition coefficient (Wildman–Crippen LogP) is 2.29. The molecule has 0 bridgehead atoms. The monoisotopic (exact) mass is 521 g/mol. The Balaban J connectivity index is 1.51. The fourth-order valence-electron chi connectivity index (χ4n) is 4.24. The van der Waals surface area contributed by atoms with Crippen LogP contribution in [0.5, 0.6) is 28.7 Å². The first kappa shape index (κ1) is 26.2. The minimum absolute atomic E-state index is 0.0328. The lowest BCUT2D eigenvalue weighted by Crippen LogP contribution is -2.28. The summed E-state index contributed by atoms with van der Waals surface area (Å²) in [6.07, 6.45) is -0.607. The molecule has 0 saturated carbocycles. The van der Waals surface area contributed by atoms with E-state index in [9.17, 15) is 39.6 Å². The van der Waals surface area contributed by atoms with Crippen molar-refractivity contribution in [1.82, 2.24) is 5.32 Å². The van der Waals surface area contributed by atoms with Crippen LogP contribution in [-0.2, 0) is 9.53 Å². The standard InChI is InChI=1S/C27H23NO10/c29-13-37-22-3-1-2-18(31)25(22)26(35)24-20(33)8-15(9-21(24)34)27(36)38-23-12-28-11-16(23)10-19(32)14-4-6-17(30)7-5-14/h1-9,13,16,23,28,30-31,33-34H,10-12H2. The molecule has 11 nitrogen and oxygen atoms in total. The van der Waals surface area contributed by atoms with Gasteiger partial charge in [0.2, 0.25) is 5.78 Å². The van der Waals surface area contributed by atoms with Crippen molar-refractivity contribution in [2.24, 2.45) is 5.92 Å². The van der Waals surface area contributed by atoms with Gasteiger partial charge in [0, 0.05) is 31.0 Å². The molecule has 5 N–H and O–H groups in total. The van der Waals surface area contributed by atoms with E-state index in [2.05, 4.69) is 5.32 Å². The largest absolute Gasteiger partial charge is 0.508 e. The molecular weight excluding hydrogens is 498 g/mol. The average Bonchev–Trinajstić information content (AvgIpc) is 3.30. The van der Waals surface area contributed by atoms with E-state index in [1.165, 1.54) is 36.4 Å². The van der Waals surface area contributed by atoms with Crippen LogP contribution < -0.4 is 10.1 Å². The van der Waals surface area contributed by atoms with Crippen molar-refractivity contribution in [2.45, 2.75) is 12.5 Å². The summed E-state index contributed by atoms with van der Waals surface area (Å²) in [5.74, 6) is -4.87. The molecule has 2 unspecified atom stereocenters. The van der Waals surface area contributed by atoms with Crippen molar-refractivity contribution in [2.75, 3.05) is 13.1 Å². The lowest BCUT2D eigenvalue weighted by Gasteiger charge is -2.19. The third kappa shape index (κ3) is 5.42. The van der Waals surface area contributed by atoms with E-state index in [1.54, 1.807) is 0 Å². The summed E-state index contributed by atoms with van der Waals surface area (Å²) < 4.78 is 10.2. The number of ketones is 2. The van der Waals surface area contributed by atoms with Gasteiger partial charge >= 0.3 is 5.97 Å². The topological polar surface area (TPSA) is 180 Å². The van der Waals surface area contributed by atoms with Gasteiger partial charge in [-0.2, -0.15) is 0 Å². The molecule has 0 amide bonds. The van der Waals surface area contributed by atoms with E-state index in [4.69, 9.17) is 9.47 Å². The van der Waals surface area contributed by atoms with Crippen molar-refractivity contribution in [3.05, 3.63) is 76.9 Å². The lowest BCUT2D eigenvalue weighted by molar-refractivity contribution is -0.120. The number of Topliss-reactive ketones (excluding diaryl/α,β-unsaturated/α-hetero) is 1. The molecular formula is C27H23NO10. The molecule has 0 spiro atoms. The first-order valence-electron chi connectivity index (χ1n) is 11.5. The Morgan fingerprint density at radius 1 is 0.868 bits per heavy atom. The van der Waals surface area contributed by atoms with Crippen molar-refractivity contribution < 1.29 is 49.1 Å². The second kappa shape index (κ2) is 11.0. The van der Waals surface area contributed by atoms with Gasteiger partial charge in [-0.25, -0.2) is 4.79 Å². The first-order valence-corrected chi connectivity index (χ1v) is 11.5. The number of aromatic hydroxyl groups is 4. The number of phenolic OH excluding ortho intramolecular Hbond substituents is 4. The zero-order chi connectivity index (χ0) is 27.4. The highest BCUT2D eigenvalue weighted by molar-refractivity contribution is 6.16. The molecule has 2 atom stereocenters. The Bertz CT molecular complexity index is 1380. The number of rotatable bonds is 9. The van der Waals surface area contributed by atoms with Crippen molar-refractivity contribution in [1.29, 1.82) is 0 Å². The molecule has 196 valence electrons. The van der Waals surface area contributed by atoms with Gasteiger partial charge in [-0.3, -0.25) is 14.4 Å². The van der Waals surface area contributed by atoms with Gasteiger partial charge < -0.3 is 35.2 Å². The predicted molar refractivity (Wildman–Crippen MR) is 131 cm³/mol. The average molecular weight is 521 g/mol. The number of hydrogen-bond acceptors (Lipinski definition) is 11. The number of hydrogen-bond donors (Lipinski definition) is 5. The zero-order valence-corrected chi connectivity index (χ0v) is 19.8. The van der Waals surface area contributed by atoms with Gasteiger partial charge in [0.1, 0.15) is 46.0 Å². The van der Waals surface area contributed by atoms with Crippen LogP contribution in [0.1, 0.15) is 43.1 Å². The third-order valence-corrected chi connectivity index (χ3v) is 6.14. The minimum atomic E-state index is -1.05. The van der Waals surface area contributed by atoms with Crippen LogP contribution in [0.25, 0.3) is 0 Å². The smallest absolute Gasteiger partial charge is 0.338 e. The summed E-state index contributed by atoms with van der Waals surface area (Å²) in [5, 5.41) is 43.5. The molecule has 1 heterocycles. The molecule has 1 aliphatic rings. The van der Waals surface area contributed by atoms with Crippen LogP contribution in [0, 0.1) is 5.92 Å². The maximum atomic E-state index is 13.0. The molecule has 4 rings (SSSR count). The number of carbonyl (C=O) groups is 4. The highest BCUT2D eigenvalue weighted by Crippen LogP contribution is 2.37. The van der Waals surface area contributed by atoms with Crippen LogP contribution in [0.3, 0.4) is 0 Å². The maximum Gasteiger partial charge on any atom is 0.338 e. The summed E-state index contributed by atoms with van der Waals surface area (Å²) in [6, 6.07) is 11.4. The molecule has 1 saturated heterocycles. The molecule has 3 aromatic carbocycles. The van der Waals surface area contributed by atoms with Gasteiger partial charge in [0.05, 0.1) is 5.56 Å². The number of phenols is 4. The van der Waals surface area contributed by atoms with Crippen LogP contribution in [0.15, 0.2) is 54.6 Å². The lowest BCUT2D eigenvalue weighted by atomic mass is 9.95. The molecule has 0 aliphatic carbocycles. The van der Waals surface area contributed by atoms with Crippen molar-refractivity contribution in [3.8, 4) is 28.7 Å². The minimum Gasteiger partial charge on any atom is -0.508 e. The highest BCUT2D eigenvalue weighted by atomic mass is 16.5. The van der Waals surface area contributed by atoms with Crippen LogP contribution >= 0.6 is 0 Å². The first-order chi connectivity index (χ1) is 18.2. The van der Waals surface area contributed by atoms with E-state index in [0.29, 0.717) is 12.1 Å². The van der Waals surface area contributed by atoms with E-state index in [0.717, 1.165) is 18.2 Å². The summed E-state index contributed by atoms with van der Waals surface area (Å²) in [7, 11) is 0. The number of ether oxygens (including phenoxy) is 2. The Kier molecular flexibility index (Phi) is 7.58. The van der Waals surface area contributed by atoms with Crippen molar-refractivity contribution in [3.63, 3.8) is 0 Å². The normalized spacial score (nSPS) is 16.5. The molecule has 0 aromatic heterocycles. The van der Waals surface area contributed by atoms with Gasteiger partial charge in [0.25, 0.3) is 6.47 Å². The second-order valence-electron chi connectivity index (χ2n) is 8.62. The number of carbonyl (C=O) groups excluding carboxylic acids is 4. The Labute approximate surface area is 215 Å². The third-order valence-electron chi connectivity index (χ3n) is 6.14. The van der Waals surface area contributed by atoms with E-state index >= 15 is 0 Å². The van der Waals surface area contributed by atoms with E-state index in [-0.39, 0.29) is 48.2 Å². The summed E-state index contributed by atoms with van der Waals surface area (Å²) in [5.41, 5.74) is -0.952. The highest BCUT2D eigenvalue weighted by Gasteiger charge is 2.33. The molecule has 3 aromatic rings. The molecule has 0 radical (unpaired) electrons. The second-order valence-corrected chi connectivity index (χ2v) is 8.62. The Morgan fingerprint density at radius 3 is 2.21 bits per heavy atom. The van der Waals surface area contributed by atoms with E-state index in [1.807, 2.05) is 0 Å².